The highest BCUT2D eigenvalue weighted by Crippen LogP contribution is 2.12. The number of aromatic amines is 1. The lowest BCUT2D eigenvalue weighted by Crippen LogP contribution is -2.36. The maximum Gasteiger partial charge on any atom is 0.280 e. The van der Waals surface area contributed by atoms with Gasteiger partial charge in [-0.2, -0.15) is 4.98 Å². The van der Waals surface area contributed by atoms with E-state index in [1.807, 2.05) is 0 Å². The number of carbonyl (C=O) groups is 3. The third kappa shape index (κ3) is 5.59. The summed E-state index contributed by atoms with van der Waals surface area (Å²) in [5.41, 5.74) is 11.9. The van der Waals surface area contributed by atoms with Gasteiger partial charge in [-0.3, -0.25) is 19.4 Å². The van der Waals surface area contributed by atoms with Crippen LogP contribution in [0.5, 0.6) is 0 Å². The van der Waals surface area contributed by atoms with E-state index < -0.39 is 23.4 Å². The number of carbonyl (C=O) groups excluding carboxylic acids is 3. The molecule has 12 nitrogen and oxygen atoms in total. The second-order valence-corrected chi connectivity index (χ2v) is 6.64. The number of aldehydes is 1. The van der Waals surface area contributed by atoms with Gasteiger partial charge in [0.1, 0.15) is 6.29 Å². The molecule has 0 saturated carbocycles. The Morgan fingerprint density at radius 1 is 1.19 bits per heavy atom. The number of hydrogen-bond acceptors (Lipinski definition) is 9. The van der Waals surface area contributed by atoms with Crippen LogP contribution in [0.15, 0.2) is 35.3 Å². The van der Waals surface area contributed by atoms with Crippen LogP contribution in [-0.4, -0.2) is 44.1 Å². The molecule has 0 saturated heterocycles. The number of fused-ring (bicyclic) bond motifs is 1. The summed E-state index contributed by atoms with van der Waals surface area (Å²) in [6.07, 6.45) is 2.19. The molecule has 1 atom stereocenters. The minimum atomic E-state index is -0.794. The van der Waals surface area contributed by atoms with Crippen LogP contribution < -0.4 is 27.7 Å². The normalized spacial score (nSPS) is 11.6. The molecule has 2 amide bonds. The van der Waals surface area contributed by atoms with Crippen molar-refractivity contribution in [3.05, 3.63) is 52.1 Å². The molecular formula is C19H20N8O4. The Kier molecular flexibility index (Phi) is 6.50. The minimum absolute atomic E-state index is 0.000471. The van der Waals surface area contributed by atoms with Crippen molar-refractivity contribution < 1.29 is 14.4 Å². The minimum Gasteiger partial charge on any atom is -0.379 e. The standard InChI is InChI=1S/C19H20N8O4/c20-14(29)6-5-12(9-28)25-17(30)10-1-3-11(4-2-10)22-7-13-8-23-16-15(24-13)18(31)27-19(21)26-16/h1-4,8-9,12,22H,5-7H2,(H2,20,29)(H,25,30)(H3,21,23,26,27,31). The first-order valence-corrected chi connectivity index (χ1v) is 9.25. The fourth-order valence-corrected chi connectivity index (χ4v) is 2.71. The zero-order valence-corrected chi connectivity index (χ0v) is 16.3. The molecule has 1 aromatic carbocycles. The molecule has 31 heavy (non-hydrogen) atoms. The van der Waals surface area contributed by atoms with E-state index in [-0.39, 0.29) is 36.5 Å². The van der Waals surface area contributed by atoms with Crippen molar-refractivity contribution in [3.63, 3.8) is 0 Å². The topological polar surface area (TPSA) is 199 Å². The van der Waals surface area contributed by atoms with Gasteiger partial charge in [0.05, 0.1) is 24.5 Å². The van der Waals surface area contributed by atoms with Crippen LogP contribution in [0.1, 0.15) is 28.9 Å². The number of benzene rings is 1. The van der Waals surface area contributed by atoms with Crippen LogP contribution in [0.3, 0.4) is 0 Å². The lowest BCUT2D eigenvalue weighted by molar-refractivity contribution is -0.118. The molecule has 0 radical (unpaired) electrons. The van der Waals surface area contributed by atoms with E-state index in [4.69, 9.17) is 11.5 Å². The summed E-state index contributed by atoms with van der Waals surface area (Å²) in [5.74, 6) is -1.02. The molecule has 0 spiro atoms. The molecule has 7 N–H and O–H groups in total. The van der Waals surface area contributed by atoms with Crippen molar-refractivity contribution in [1.29, 1.82) is 0 Å². The number of nitrogens with one attached hydrogen (secondary N) is 3. The molecule has 3 aromatic rings. The first-order valence-electron chi connectivity index (χ1n) is 9.25. The average Bonchev–Trinajstić information content (AvgIpc) is 2.75. The van der Waals surface area contributed by atoms with E-state index in [0.717, 1.165) is 0 Å². The van der Waals surface area contributed by atoms with Crippen molar-refractivity contribution in [1.82, 2.24) is 25.3 Å². The fourth-order valence-electron chi connectivity index (χ4n) is 2.71. The van der Waals surface area contributed by atoms with E-state index in [9.17, 15) is 19.2 Å². The molecule has 12 heteroatoms. The molecular weight excluding hydrogens is 404 g/mol. The number of anilines is 2. The monoisotopic (exact) mass is 424 g/mol. The number of nitrogens with two attached hydrogens (primary N) is 2. The third-order valence-electron chi connectivity index (χ3n) is 4.29. The zero-order valence-electron chi connectivity index (χ0n) is 16.3. The predicted octanol–water partition coefficient (Wildman–Crippen LogP) is -0.530. The highest BCUT2D eigenvalue weighted by Gasteiger charge is 2.14. The molecule has 2 aromatic heterocycles. The number of amides is 2. The number of aromatic nitrogens is 4. The van der Waals surface area contributed by atoms with Crippen molar-refractivity contribution >= 4 is 40.9 Å². The Morgan fingerprint density at radius 3 is 2.61 bits per heavy atom. The second kappa shape index (κ2) is 9.43. The van der Waals surface area contributed by atoms with Crippen molar-refractivity contribution in [2.45, 2.75) is 25.4 Å². The van der Waals surface area contributed by atoms with E-state index in [1.165, 1.54) is 6.20 Å². The number of H-pyrrole nitrogens is 1. The van der Waals surface area contributed by atoms with E-state index in [1.54, 1.807) is 24.3 Å². The first kappa shape index (κ1) is 21.4. The van der Waals surface area contributed by atoms with Crippen molar-refractivity contribution in [3.8, 4) is 0 Å². The highest BCUT2D eigenvalue weighted by atomic mass is 16.2. The highest BCUT2D eigenvalue weighted by molar-refractivity contribution is 5.96. The van der Waals surface area contributed by atoms with Gasteiger partial charge in [-0.25, -0.2) is 9.97 Å². The largest absolute Gasteiger partial charge is 0.379 e. The van der Waals surface area contributed by atoms with Crippen LogP contribution in [0.25, 0.3) is 11.2 Å². The van der Waals surface area contributed by atoms with Gasteiger partial charge in [-0.05, 0) is 30.7 Å². The second-order valence-electron chi connectivity index (χ2n) is 6.64. The van der Waals surface area contributed by atoms with E-state index in [2.05, 4.69) is 30.6 Å². The van der Waals surface area contributed by atoms with E-state index >= 15 is 0 Å². The summed E-state index contributed by atoms with van der Waals surface area (Å²) >= 11 is 0. The summed E-state index contributed by atoms with van der Waals surface area (Å²) in [5, 5.41) is 5.65. The SMILES string of the molecule is NC(=O)CCC(C=O)NC(=O)c1ccc(NCc2cnc3nc(N)[nH]c(=O)c3n2)cc1. The fraction of sp³-hybridized carbons (Fsp3) is 0.211. The lowest BCUT2D eigenvalue weighted by Gasteiger charge is -2.12. The Bertz CT molecular complexity index is 1180. The van der Waals surface area contributed by atoms with Gasteiger partial charge in [0.25, 0.3) is 11.5 Å². The Hall–Kier alpha value is -4.35. The maximum atomic E-state index is 12.3. The molecule has 0 bridgehead atoms. The van der Waals surface area contributed by atoms with Gasteiger partial charge in [0, 0.05) is 17.7 Å². The third-order valence-corrected chi connectivity index (χ3v) is 4.29. The summed E-state index contributed by atoms with van der Waals surface area (Å²) in [4.78, 5) is 60.7. The number of hydrogen-bond donors (Lipinski definition) is 5. The summed E-state index contributed by atoms with van der Waals surface area (Å²) in [7, 11) is 0. The molecule has 0 fully saturated rings. The van der Waals surface area contributed by atoms with E-state index in [0.29, 0.717) is 23.2 Å². The Morgan fingerprint density at radius 2 is 1.94 bits per heavy atom. The van der Waals surface area contributed by atoms with Gasteiger partial charge in [0.2, 0.25) is 11.9 Å². The molecule has 0 aliphatic rings. The molecule has 2 heterocycles. The molecule has 3 rings (SSSR count). The smallest absolute Gasteiger partial charge is 0.280 e. The van der Waals surface area contributed by atoms with Gasteiger partial charge in [-0.15, -0.1) is 0 Å². The number of primary amides is 1. The van der Waals surface area contributed by atoms with Crippen molar-refractivity contribution in [2.24, 2.45) is 5.73 Å². The van der Waals surface area contributed by atoms with Crippen LogP contribution in [-0.2, 0) is 16.1 Å². The predicted molar refractivity (Wildman–Crippen MR) is 112 cm³/mol. The molecule has 0 aliphatic carbocycles. The van der Waals surface area contributed by atoms with Gasteiger partial charge < -0.3 is 26.9 Å². The Balaban J connectivity index is 1.61. The lowest BCUT2D eigenvalue weighted by atomic mass is 10.1. The number of nitrogens with zero attached hydrogens (tertiary/aromatic N) is 3. The van der Waals surface area contributed by atoms with Gasteiger partial charge in [0.15, 0.2) is 11.2 Å². The zero-order chi connectivity index (χ0) is 22.4. The van der Waals surface area contributed by atoms with Crippen LogP contribution in [0.4, 0.5) is 11.6 Å². The quantitative estimate of drug-likeness (QED) is 0.280. The van der Waals surface area contributed by atoms with Crippen LogP contribution in [0, 0.1) is 0 Å². The number of nitrogen functional groups attached to an aromatic ring is 1. The number of rotatable bonds is 9. The van der Waals surface area contributed by atoms with Gasteiger partial charge >= 0.3 is 0 Å². The average molecular weight is 424 g/mol. The van der Waals surface area contributed by atoms with Crippen LogP contribution >= 0.6 is 0 Å². The summed E-state index contributed by atoms with van der Waals surface area (Å²) < 4.78 is 0. The first-order chi connectivity index (χ1) is 14.9. The molecule has 1 unspecified atom stereocenters. The Labute approximate surface area is 175 Å². The molecule has 160 valence electrons. The maximum absolute atomic E-state index is 12.3. The van der Waals surface area contributed by atoms with Crippen LogP contribution in [0.2, 0.25) is 0 Å². The summed E-state index contributed by atoms with van der Waals surface area (Å²) in [6.45, 7) is 0.276. The molecule has 0 aliphatic heterocycles. The summed E-state index contributed by atoms with van der Waals surface area (Å²) in [6, 6.07) is 5.72. The van der Waals surface area contributed by atoms with Crippen molar-refractivity contribution in [2.75, 3.05) is 11.1 Å². The van der Waals surface area contributed by atoms with Gasteiger partial charge in [-0.1, -0.05) is 0 Å².